The van der Waals surface area contributed by atoms with Crippen LogP contribution in [0.15, 0.2) is 21.7 Å². The lowest BCUT2D eigenvalue weighted by Gasteiger charge is -2.35. The molecule has 158 valence electrons. The molecule has 0 aromatic carbocycles. The Bertz CT molecular complexity index is 721. The normalized spacial score (nSPS) is 24.9. The highest BCUT2D eigenvalue weighted by Gasteiger charge is 2.33. The predicted octanol–water partition coefficient (Wildman–Crippen LogP) is 2.92. The number of likely N-dealkylation sites (tertiary alicyclic amines) is 1. The Morgan fingerprint density at radius 2 is 2.11 bits per heavy atom. The van der Waals surface area contributed by atoms with Crippen molar-refractivity contribution in [3.63, 3.8) is 0 Å². The third kappa shape index (κ3) is 5.34. The zero-order valence-electron chi connectivity index (χ0n) is 16.8. The van der Waals surface area contributed by atoms with Crippen LogP contribution in [0.2, 0.25) is 0 Å². The van der Waals surface area contributed by atoms with Crippen LogP contribution in [0.1, 0.15) is 51.9 Å². The minimum Gasteiger partial charge on any atom is -0.356 e. The summed E-state index contributed by atoms with van der Waals surface area (Å²) < 4.78 is 27.3. The molecule has 2 saturated heterocycles. The van der Waals surface area contributed by atoms with E-state index in [2.05, 4.69) is 17.1 Å². The average molecular weight is 428 g/mol. The lowest BCUT2D eigenvalue weighted by atomic mass is 9.98. The molecule has 2 aliphatic rings. The summed E-state index contributed by atoms with van der Waals surface area (Å²) in [7, 11) is -3.47. The van der Waals surface area contributed by atoms with Gasteiger partial charge >= 0.3 is 0 Å². The number of carbonyl (C=O) groups is 1. The van der Waals surface area contributed by atoms with Crippen molar-refractivity contribution in [1.82, 2.24) is 14.5 Å². The molecule has 2 aliphatic heterocycles. The van der Waals surface area contributed by atoms with Gasteiger partial charge in [0.2, 0.25) is 5.91 Å². The molecule has 0 spiro atoms. The van der Waals surface area contributed by atoms with Gasteiger partial charge in [0.25, 0.3) is 10.0 Å². The summed E-state index contributed by atoms with van der Waals surface area (Å²) in [6, 6.07) is 4.07. The first-order chi connectivity index (χ1) is 13.5. The quantitative estimate of drug-likeness (QED) is 0.648. The number of nitrogens with one attached hydrogen (secondary N) is 1. The maximum atomic E-state index is 12.7. The van der Waals surface area contributed by atoms with Gasteiger partial charge in [0.15, 0.2) is 0 Å². The summed E-state index contributed by atoms with van der Waals surface area (Å²) in [5, 5.41) is 4.82. The third-order valence-electron chi connectivity index (χ3n) is 5.99. The second kappa shape index (κ2) is 10.2. The fourth-order valence-electron chi connectivity index (χ4n) is 4.37. The Kier molecular flexibility index (Phi) is 7.91. The number of amides is 1. The smallest absolute Gasteiger partial charge is 0.252 e. The number of carbonyl (C=O) groups excluding carboxylic acids is 1. The van der Waals surface area contributed by atoms with Gasteiger partial charge in [-0.3, -0.25) is 4.79 Å². The lowest BCUT2D eigenvalue weighted by Crippen LogP contribution is -2.46. The van der Waals surface area contributed by atoms with Crippen molar-refractivity contribution in [2.45, 2.75) is 62.1 Å². The third-order valence-corrected chi connectivity index (χ3v) is 9.22. The van der Waals surface area contributed by atoms with E-state index in [1.54, 1.807) is 17.5 Å². The van der Waals surface area contributed by atoms with Crippen LogP contribution in [0, 0.1) is 5.92 Å². The van der Waals surface area contributed by atoms with Crippen molar-refractivity contribution in [3.05, 3.63) is 17.5 Å². The molecule has 0 bridgehead atoms. The molecule has 3 heterocycles. The van der Waals surface area contributed by atoms with Crippen LogP contribution in [-0.4, -0.2) is 62.3 Å². The van der Waals surface area contributed by atoms with Crippen LogP contribution in [-0.2, 0) is 14.8 Å². The molecule has 8 heteroatoms. The maximum absolute atomic E-state index is 12.7. The second-order valence-electron chi connectivity index (χ2n) is 7.87. The summed E-state index contributed by atoms with van der Waals surface area (Å²) in [5.41, 5.74) is 0. The van der Waals surface area contributed by atoms with Crippen LogP contribution in [0.5, 0.6) is 0 Å². The van der Waals surface area contributed by atoms with E-state index in [9.17, 15) is 13.2 Å². The van der Waals surface area contributed by atoms with Gasteiger partial charge in [-0.25, -0.2) is 8.42 Å². The molecule has 2 fully saturated rings. The van der Waals surface area contributed by atoms with Crippen molar-refractivity contribution < 1.29 is 13.2 Å². The van der Waals surface area contributed by atoms with Gasteiger partial charge in [0, 0.05) is 32.2 Å². The van der Waals surface area contributed by atoms with Crippen LogP contribution in [0.3, 0.4) is 0 Å². The van der Waals surface area contributed by atoms with Crippen LogP contribution in [0.25, 0.3) is 0 Å². The van der Waals surface area contributed by atoms with E-state index in [0.717, 1.165) is 25.8 Å². The highest BCUT2D eigenvalue weighted by atomic mass is 32.2. The summed E-state index contributed by atoms with van der Waals surface area (Å²) >= 11 is 1.23. The molecular weight excluding hydrogens is 394 g/mol. The number of nitrogens with zero attached hydrogens (tertiary/aromatic N) is 2. The summed E-state index contributed by atoms with van der Waals surface area (Å²) in [6.45, 7) is 5.91. The topological polar surface area (TPSA) is 69.7 Å². The van der Waals surface area contributed by atoms with Gasteiger partial charge in [-0.05, 0) is 56.5 Å². The molecule has 3 rings (SSSR count). The van der Waals surface area contributed by atoms with Gasteiger partial charge in [0.1, 0.15) is 4.21 Å². The van der Waals surface area contributed by atoms with E-state index in [1.165, 1.54) is 47.9 Å². The van der Waals surface area contributed by atoms with Crippen molar-refractivity contribution >= 4 is 27.3 Å². The largest absolute Gasteiger partial charge is 0.356 e. The number of hydrogen-bond acceptors (Lipinski definition) is 5. The highest BCUT2D eigenvalue weighted by Crippen LogP contribution is 2.26. The van der Waals surface area contributed by atoms with E-state index < -0.39 is 10.0 Å². The van der Waals surface area contributed by atoms with Gasteiger partial charge in [-0.15, -0.1) is 11.3 Å². The van der Waals surface area contributed by atoms with Crippen molar-refractivity contribution in [3.8, 4) is 0 Å². The molecule has 1 aromatic rings. The predicted molar refractivity (Wildman–Crippen MR) is 113 cm³/mol. The molecule has 1 aromatic heterocycles. The van der Waals surface area contributed by atoms with Gasteiger partial charge < -0.3 is 10.2 Å². The molecule has 0 saturated carbocycles. The summed E-state index contributed by atoms with van der Waals surface area (Å²) in [5.74, 6) is -0.251. The first-order valence-corrected chi connectivity index (χ1v) is 12.9. The minimum absolute atomic E-state index is 0.00300. The Labute approximate surface area is 173 Å². The van der Waals surface area contributed by atoms with E-state index in [1.807, 2.05) is 0 Å². The fraction of sp³-hybridized carbons (Fsp3) is 0.750. The number of hydrogen-bond donors (Lipinski definition) is 1. The molecule has 6 nitrogen and oxygen atoms in total. The van der Waals surface area contributed by atoms with Gasteiger partial charge in [-0.1, -0.05) is 19.4 Å². The van der Waals surface area contributed by atoms with Crippen molar-refractivity contribution in [1.29, 1.82) is 0 Å². The molecule has 0 aliphatic carbocycles. The summed E-state index contributed by atoms with van der Waals surface area (Å²) in [6.07, 6.45) is 7.54. The maximum Gasteiger partial charge on any atom is 0.252 e. The fourth-order valence-corrected chi connectivity index (χ4v) is 7.04. The number of thiophene rings is 1. The molecule has 28 heavy (non-hydrogen) atoms. The van der Waals surface area contributed by atoms with E-state index in [0.29, 0.717) is 23.3 Å². The molecule has 1 N–H and O–H groups in total. The zero-order valence-corrected chi connectivity index (χ0v) is 18.4. The molecule has 0 unspecified atom stereocenters. The standard InChI is InChI=1S/C20H33N3O3S2/c1-2-18-9-3-4-12-22(18)13-7-11-21-20(24)17-8-5-14-23(16-17)28(25,26)19-10-6-15-27-19/h6,10,15,17-18H,2-5,7-9,11-14,16H2,1H3,(H,21,24)/t17-,18-/m1/s1. The highest BCUT2D eigenvalue weighted by molar-refractivity contribution is 7.91. The van der Waals surface area contributed by atoms with E-state index in [-0.39, 0.29) is 18.4 Å². The summed E-state index contributed by atoms with van der Waals surface area (Å²) in [4.78, 5) is 15.1. The van der Waals surface area contributed by atoms with Gasteiger partial charge in [0.05, 0.1) is 5.92 Å². The second-order valence-corrected chi connectivity index (χ2v) is 11.0. The molecule has 0 radical (unpaired) electrons. The Morgan fingerprint density at radius 1 is 1.25 bits per heavy atom. The number of piperidine rings is 2. The lowest BCUT2D eigenvalue weighted by molar-refractivity contribution is -0.126. The first kappa shape index (κ1) is 21.7. The molecular formula is C20H33N3O3S2. The first-order valence-electron chi connectivity index (χ1n) is 10.6. The monoisotopic (exact) mass is 427 g/mol. The van der Waals surface area contributed by atoms with Crippen LogP contribution in [0.4, 0.5) is 0 Å². The number of sulfonamides is 1. The van der Waals surface area contributed by atoms with E-state index in [4.69, 9.17) is 0 Å². The van der Waals surface area contributed by atoms with Crippen LogP contribution < -0.4 is 5.32 Å². The Hall–Kier alpha value is -0.960. The molecule has 1 amide bonds. The zero-order chi connectivity index (χ0) is 20.0. The van der Waals surface area contributed by atoms with Crippen LogP contribution >= 0.6 is 11.3 Å². The van der Waals surface area contributed by atoms with E-state index >= 15 is 0 Å². The van der Waals surface area contributed by atoms with Crippen molar-refractivity contribution in [2.24, 2.45) is 5.92 Å². The SMILES string of the molecule is CC[C@@H]1CCCCN1CCCNC(=O)[C@@H]1CCCN(S(=O)(=O)c2cccs2)C1. The average Bonchev–Trinajstić information content (AvgIpc) is 3.27. The van der Waals surface area contributed by atoms with Gasteiger partial charge in [-0.2, -0.15) is 4.31 Å². The molecule has 2 atom stereocenters. The Balaban J connectivity index is 1.44. The number of rotatable bonds is 8. The van der Waals surface area contributed by atoms with Crippen molar-refractivity contribution in [2.75, 3.05) is 32.7 Å². The minimum atomic E-state index is -3.47. The Morgan fingerprint density at radius 3 is 2.86 bits per heavy atom.